The summed E-state index contributed by atoms with van der Waals surface area (Å²) >= 11 is 6.07. The molecule has 0 aliphatic carbocycles. The van der Waals surface area contributed by atoms with Crippen LogP contribution in [0.3, 0.4) is 0 Å². The molecule has 5 aromatic rings. The Hall–Kier alpha value is -3.77. The molecule has 2 heterocycles. The molecule has 5 rings (SSSR count). The van der Waals surface area contributed by atoms with E-state index in [1.807, 2.05) is 60.7 Å². The largest absolute Gasteiger partial charge is 0.332 e. The summed E-state index contributed by atoms with van der Waals surface area (Å²) in [6.07, 6.45) is 0. The Labute approximate surface area is 170 Å². The molecule has 6 nitrogen and oxygen atoms in total. The molecule has 0 unspecified atom stereocenters. The van der Waals surface area contributed by atoms with Crippen LogP contribution in [0.15, 0.2) is 88.2 Å². The van der Waals surface area contributed by atoms with Crippen molar-refractivity contribution >= 4 is 22.4 Å². The Bertz CT molecular complexity index is 1390. The first-order valence-corrected chi connectivity index (χ1v) is 9.26. The van der Waals surface area contributed by atoms with Gasteiger partial charge in [-0.1, -0.05) is 65.3 Å². The smallest absolute Gasteiger partial charge is 0.279 e. The minimum Gasteiger partial charge on any atom is -0.332 e. The Morgan fingerprint density at radius 3 is 2.41 bits per heavy atom. The summed E-state index contributed by atoms with van der Waals surface area (Å²) in [6, 6.07) is 23.6. The molecule has 7 heteroatoms. The van der Waals surface area contributed by atoms with Gasteiger partial charge in [0.2, 0.25) is 5.82 Å². The summed E-state index contributed by atoms with van der Waals surface area (Å²) in [5.41, 5.74) is 1.60. The molecule has 0 fully saturated rings. The number of fused-ring (bicyclic) bond motifs is 1. The molecular weight excluding hydrogens is 388 g/mol. The normalized spacial score (nSPS) is 11.1. The maximum atomic E-state index is 13.0. The van der Waals surface area contributed by atoms with Gasteiger partial charge < -0.3 is 4.52 Å². The first kappa shape index (κ1) is 17.3. The van der Waals surface area contributed by atoms with Crippen molar-refractivity contribution in [2.24, 2.45) is 0 Å². The molecule has 0 radical (unpaired) electrons. The Kier molecular flexibility index (Phi) is 4.18. The zero-order valence-corrected chi connectivity index (χ0v) is 15.7. The molecule has 0 aliphatic rings. The van der Waals surface area contributed by atoms with Crippen LogP contribution in [0.5, 0.6) is 0 Å². The third-order valence-electron chi connectivity index (χ3n) is 4.52. The SMILES string of the molecule is O=c1c2ccccc2c(-c2nc(-c3cccc(Cl)c3)no2)nn1-c1ccccc1. The van der Waals surface area contributed by atoms with Crippen molar-refractivity contribution < 1.29 is 4.52 Å². The lowest BCUT2D eigenvalue weighted by Crippen LogP contribution is -2.22. The molecule has 0 amide bonds. The highest BCUT2D eigenvalue weighted by atomic mass is 35.5. The molecule has 0 saturated carbocycles. The van der Waals surface area contributed by atoms with E-state index in [2.05, 4.69) is 15.2 Å². The van der Waals surface area contributed by atoms with Gasteiger partial charge in [0.25, 0.3) is 11.4 Å². The second kappa shape index (κ2) is 7.00. The third-order valence-corrected chi connectivity index (χ3v) is 4.75. The van der Waals surface area contributed by atoms with Gasteiger partial charge >= 0.3 is 0 Å². The first-order valence-electron chi connectivity index (χ1n) is 8.88. The molecule has 3 aromatic carbocycles. The van der Waals surface area contributed by atoms with E-state index in [-0.39, 0.29) is 11.4 Å². The van der Waals surface area contributed by atoms with Crippen molar-refractivity contribution in [2.75, 3.05) is 0 Å². The molecule has 140 valence electrons. The third kappa shape index (κ3) is 3.09. The highest BCUT2D eigenvalue weighted by Crippen LogP contribution is 2.27. The number of rotatable bonds is 3. The fourth-order valence-corrected chi connectivity index (χ4v) is 3.35. The van der Waals surface area contributed by atoms with Crippen molar-refractivity contribution in [2.45, 2.75) is 0 Å². The molecule has 2 aromatic heterocycles. The van der Waals surface area contributed by atoms with Gasteiger partial charge in [0.05, 0.1) is 11.1 Å². The summed E-state index contributed by atoms with van der Waals surface area (Å²) in [5.74, 6) is 0.617. The van der Waals surface area contributed by atoms with Crippen LogP contribution in [-0.2, 0) is 0 Å². The molecule has 0 saturated heterocycles. The maximum absolute atomic E-state index is 13.0. The second-order valence-corrected chi connectivity index (χ2v) is 6.82. The molecule has 0 aliphatic heterocycles. The predicted molar refractivity (Wildman–Crippen MR) is 111 cm³/mol. The fraction of sp³-hybridized carbons (Fsp3) is 0. The van der Waals surface area contributed by atoms with Crippen molar-refractivity contribution in [3.05, 3.63) is 94.2 Å². The summed E-state index contributed by atoms with van der Waals surface area (Å²) in [4.78, 5) is 17.5. The monoisotopic (exact) mass is 400 g/mol. The highest BCUT2D eigenvalue weighted by Gasteiger charge is 2.19. The van der Waals surface area contributed by atoms with E-state index in [9.17, 15) is 4.79 Å². The van der Waals surface area contributed by atoms with E-state index < -0.39 is 0 Å². The highest BCUT2D eigenvalue weighted by molar-refractivity contribution is 6.30. The van der Waals surface area contributed by atoms with E-state index in [0.29, 0.717) is 33.0 Å². The summed E-state index contributed by atoms with van der Waals surface area (Å²) in [7, 11) is 0. The van der Waals surface area contributed by atoms with Crippen LogP contribution in [0.25, 0.3) is 39.4 Å². The van der Waals surface area contributed by atoms with Crippen LogP contribution in [0.1, 0.15) is 0 Å². The lowest BCUT2D eigenvalue weighted by Gasteiger charge is -2.08. The minimum atomic E-state index is -0.217. The van der Waals surface area contributed by atoms with Crippen LogP contribution in [0.4, 0.5) is 0 Å². The molecule has 0 bridgehead atoms. The Balaban J connectivity index is 1.73. The van der Waals surface area contributed by atoms with Gasteiger partial charge in [0.1, 0.15) is 0 Å². The van der Waals surface area contributed by atoms with Crippen LogP contribution in [-0.4, -0.2) is 19.9 Å². The number of halogens is 1. The van der Waals surface area contributed by atoms with E-state index >= 15 is 0 Å². The van der Waals surface area contributed by atoms with Gasteiger partial charge in [-0.2, -0.15) is 14.8 Å². The van der Waals surface area contributed by atoms with Crippen LogP contribution in [0.2, 0.25) is 5.02 Å². The second-order valence-electron chi connectivity index (χ2n) is 6.38. The average molecular weight is 401 g/mol. The Morgan fingerprint density at radius 2 is 1.62 bits per heavy atom. The Morgan fingerprint density at radius 1 is 0.862 bits per heavy atom. The number of hydrogen-bond acceptors (Lipinski definition) is 5. The van der Waals surface area contributed by atoms with Gasteiger partial charge in [-0.05, 0) is 30.3 Å². The number of para-hydroxylation sites is 1. The zero-order valence-electron chi connectivity index (χ0n) is 15.0. The zero-order chi connectivity index (χ0) is 19.8. The van der Waals surface area contributed by atoms with Gasteiger partial charge in [-0.3, -0.25) is 4.79 Å². The van der Waals surface area contributed by atoms with Crippen LogP contribution >= 0.6 is 11.6 Å². The van der Waals surface area contributed by atoms with Gasteiger partial charge in [-0.15, -0.1) is 0 Å². The summed E-state index contributed by atoms with van der Waals surface area (Å²) in [5, 5.41) is 10.4. The van der Waals surface area contributed by atoms with Crippen molar-refractivity contribution in [1.29, 1.82) is 0 Å². The van der Waals surface area contributed by atoms with Crippen molar-refractivity contribution in [3.8, 4) is 28.7 Å². The summed E-state index contributed by atoms with van der Waals surface area (Å²) in [6.45, 7) is 0. The number of aromatic nitrogens is 4. The van der Waals surface area contributed by atoms with Crippen LogP contribution in [0, 0.1) is 0 Å². The molecule has 0 spiro atoms. The van der Waals surface area contributed by atoms with E-state index in [1.54, 1.807) is 18.2 Å². The predicted octanol–water partition coefficient (Wildman–Crippen LogP) is 4.76. The molecular formula is C22H13ClN4O2. The van der Waals surface area contributed by atoms with Gasteiger partial charge in [0, 0.05) is 16.0 Å². The van der Waals surface area contributed by atoms with Crippen molar-refractivity contribution in [1.82, 2.24) is 19.9 Å². The van der Waals surface area contributed by atoms with Gasteiger partial charge in [0.15, 0.2) is 5.69 Å². The number of nitrogens with zero attached hydrogens (tertiary/aromatic N) is 4. The first-order chi connectivity index (χ1) is 14.2. The maximum Gasteiger partial charge on any atom is 0.279 e. The average Bonchev–Trinajstić information content (AvgIpc) is 3.25. The standard InChI is InChI=1S/C22H13ClN4O2/c23-15-8-6-7-14(13-15)20-24-21(29-26-20)19-17-11-4-5-12-18(17)22(28)27(25-19)16-9-2-1-3-10-16/h1-13H. The molecule has 29 heavy (non-hydrogen) atoms. The lowest BCUT2D eigenvalue weighted by molar-refractivity contribution is 0.430. The van der Waals surface area contributed by atoms with E-state index in [4.69, 9.17) is 16.1 Å². The van der Waals surface area contributed by atoms with Crippen molar-refractivity contribution in [3.63, 3.8) is 0 Å². The van der Waals surface area contributed by atoms with Gasteiger partial charge in [-0.25, -0.2) is 0 Å². The van der Waals surface area contributed by atoms with E-state index in [1.165, 1.54) is 4.68 Å². The topological polar surface area (TPSA) is 73.8 Å². The quantitative estimate of drug-likeness (QED) is 0.436. The van der Waals surface area contributed by atoms with Crippen LogP contribution < -0.4 is 5.56 Å². The number of benzene rings is 3. The summed E-state index contributed by atoms with van der Waals surface area (Å²) < 4.78 is 6.85. The number of hydrogen-bond donors (Lipinski definition) is 0. The van der Waals surface area contributed by atoms with E-state index in [0.717, 1.165) is 5.56 Å². The molecule has 0 N–H and O–H groups in total. The minimum absolute atomic E-state index is 0.217. The fourth-order valence-electron chi connectivity index (χ4n) is 3.16. The lowest BCUT2D eigenvalue weighted by atomic mass is 10.1. The molecule has 0 atom stereocenters.